The number of carbonyl (C=O) groups excluding carboxylic acids is 3. The first-order valence-corrected chi connectivity index (χ1v) is 15.1. The molecule has 5 rings (SSSR count). The normalized spacial score (nSPS) is 18.2. The molecular formula is C24H22N7NaO8S3. The summed E-state index contributed by atoms with van der Waals surface area (Å²) < 4.78 is 5.58. The number of phenolic OH excluding ortho intramolecular Hbond substituents is 2. The van der Waals surface area contributed by atoms with E-state index in [0.717, 1.165) is 28.0 Å². The zero-order valence-corrected chi connectivity index (χ0v) is 27.3. The van der Waals surface area contributed by atoms with Crippen LogP contribution < -0.4 is 45.7 Å². The number of nitrogens with one attached hydrogen (secondary N) is 1. The largest absolute Gasteiger partial charge is 1.00 e. The van der Waals surface area contributed by atoms with Gasteiger partial charge in [-0.15, -0.1) is 33.3 Å². The Balaban J connectivity index is 0.00000423. The van der Waals surface area contributed by atoms with Crippen molar-refractivity contribution in [1.82, 2.24) is 25.4 Å². The Morgan fingerprint density at radius 2 is 2.09 bits per heavy atom. The van der Waals surface area contributed by atoms with Crippen LogP contribution in [0.3, 0.4) is 0 Å². The molecule has 1 saturated heterocycles. The molecule has 3 aromatic rings. The first-order valence-electron chi connectivity index (χ1n) is 12.2. The first kappa shape index (κ1) is 32.6. The van der Waals surface area contributed by atoms with Gasteiger partial charge in [0.2, 0.25) is 5.89 Å². The van der Waals surface area contributed by atoms with Crippen LogP contribution in [0.2, 0.25) is 0 Å². The molecule has 0 bridgehead atoms. The molecule has 43 heavy (non-hydrogen) atoms. The fraction of sp³-hybridized carbons (Fsp3) is 0.292. The molecule has 2 atom stereocenters. The molecule has 1 aromatic carbocycles. The van der Waals surface area contributed by atoms with Crippen LogP contribution in [0.1, 0.15) is 19.5 Å². The smallest absolute Gasteiger partial charge is 0.543 e. The standard InChI is InChI=1S/C24H23N7O8S3.Na/c1-9(2)39-30-15(12-8-41-23(25)26-12)18(34)27-16-20(35)31-17(22(36)37)11(6-40-21(16)31)7-42-24-29-28-19(38-24)10-3-4-13(32)14(33)5-10;/h3-5,8-9,16,21,32-33H,6-7H2,1-2H3,(H2,25,26)(H,27,34)(H,36,37);/q;+1/p-1/t16-,21-;/m1./s1. The maximum atomic E-state index is 13.1. The van der Waals surface area contributed by atoms with Crippen molar-refractivity contribution >= 4 is 63.5 Å². The van der Waals surface area contributed by atoms with Crippen LogP contribution in [0.15, 0.2) is 49.6 Å². The monoisotopic (exact) mass is 655 g/mol. The molecule has 0 saturated carbocycles. The van der Waals surface area contributed by atoms with Crippen molar-refractivity contribution in [2.75, 3.05) is 17.2 Å². The number of aromatic nitrogens is 3. The second kappa shape index (κ2) is 13.6. The number of rotatable bonds is 10. The summed E-state index contributed by atoms with van der Waals surface area (Å²) in [6.45, 7) is 3.45. The van der Waals surface area contributed by atoms with Gasteiger partial charge in [-0.2, -0.15) is 0 Å². The number of amides is 2. The Labute approximate surface area is 278 Å². The molecule has 0 unspecified atom stereocenters. The van der Waals surface area contributed by atoms with Crippen molar-refractivity contribution in [3.05, 3.63) is 40.5 Å². The summed E-state index contributed by atoms with van der Waals surface area (Å²) in [5.41, 5.74) is 6.19. The molecule has 2 aliphatic heterocycles. The Morgan fingerprint density at radius 3 is 2.74 bits per heavy atom. The molecular weight excluding hydrogens is 633 g/mol. The maximum absolute atomic E-state index is 13.1. The van der Waals surface area contributed by atoms with Crippen LogP contribution in [0.5, 0.6) is 11.5 Å². The maximum Gasteiger partial charge on any atom is 1.00 e. The Bertz CT molecular complexity index is 1630. The van der Waals surface area contributed by atoms with E-state index in [0.29, 0.717) is 11.1 Å². The number of hydrogen-bond donors (Lipinski definition) is 4. The number of phenols is 2. The van der Waals surface area contributed by atoms with Crippen LogP contribution in [-0.4, -0.2) is 82.8 Å². The van der Waals surface area contributed by atoms with Gasteiger partial charge in [0.1, 0.15) is 23.2 Å². The number of nitrogens with zero attached hydrogens (tertiary/aromatic N) is 5. The summed E-state index contributed by atoms with van der Waals surface area (Å²) in [5, 5.41) is 46.8. The topological polar surface area (TPSA) is 229 Å². The summed E-state index contributed by atoms with van der Waals surface area (Å²) >= 11 is 3.43. The number of nitrogens with two attached hydrogens (primary N) is 1. The van der Waals surface area contributed by atoms with Crippen molar-refractivity contribution in [2.24, 2.45) is 5.16 Å². The number of hydrogen-bond acceptors (Lipinski definition) is 16. The number of anilines is 1. The van der Waals surface area contributed by atoms with Gasteiger partial charge < -0.3 is 40.4 Å². The van der Waals surface area contributed by atoms with Crippen molar-refractivity contribution < 1.29 is 68.5 Å². The fourth-order valence-electron chi connectivity index (χ4n) is 3.94. The summed E-state index contributed by atoms with van der Waals surface area (Å²) in [4.78, 5) is 48.7. The fourth-order valence-corrected chi connectivity index (χ4v) is 6.74. The van der Waals surface area contributed by atoms with E-state index in [2.05, 4.69) is 25.7 Å². The molecule has 5 N–H and O–H groups in total. The van der Waals surface area contributed by atoms with Crippen LogP contribution in [0.4, 0.5) is 5.13 Å². The predicted molar refractivity (Wildman–Crippen MR) is 150 cm³/mol. The van der Waals surface area contributed by atoms with Crippen molar-refractivity contribution in [3.8, 4) is 23.0 Å². The van der Waals surface area contributed by atoms with Gasteiger partial charge in [-0.3, -0.25) is 14.5 Å². The average molecular weight is 656 g/mol. The van der Waals surface area contributed by atoms with E-state index in [-0.39, 0.29) is 92.0 Å². The van der Waals surface area contributed by atoms with Crippen LogP contribution in [0.25, 0.3) is 11.5 Å². The Morgan fingerprint density at radius 1 is 1.33 bits per heavy atom. The van der Waals surface area contributed by atoms with Gasteiger partial charge in [-0.25, -0.2) is 4.98 Å². The molecule has 220 valence electrons. The number of fused-ring (bicyclic) bond motifs is 1. The number of carboxylic acid groups (broad SMARTS) is 1. The van der Waals surface area contributed by atoms with E-state index in [1.807, 2.05) is 0 Å². The van der Waals surface area contributed by atoms with Gasteiger partial charge in [0.25, 0.3) is 17.0 Å². The van der Waals surface area contributed by atoms with Gasteiger partial charge in [0.05, 0.1) is 11.7 Å². The average Bonchev–Trinajstić information content (AvgIpc) is 3.60. The zero-order valence-electron chi connectivity index (χ0n) is 22.8. The summed E-state index contributed by atoms with van der Waals surface area (Å²) in [6.07, 6.45) is -0.328. The number of nitrogen functional groups attached to an aromatic ring is 1. The Hall–Kier alpha value is -3.29. The van der Waals surface area contributed by atoms with Gasteiger partial charge >= 0.3 is 29.6 Å². The molecule has 0 aliphatic carbocycles. The number of thiazole rings is 1. The quantitative estimate of drug-likeness (QED) is 0.0443. The van der Waals surface area contributed by atoms with Crippen LogP contribution in [-0.2, 0) is 19.2 Å². The van der Waals surface area contributed by atoms with Gasteiger partial charge in [-0.1, -0.05) is 16.9 Å². The number of oxime groups is 1. The van der Waals surface area contributed by atoms with Crippen molar-refractivity contribution in [3.63, 3.8) is 0 Å². The SMILES string of the molecule is CC(C)ON=C(C(=O)N[C@@H]1C(=O)N2C(C(=O)[O-])=C(CSc3nnc(-c4ccc(O)c(O)c4)o3)CS[C@H]12)c1csc(N)n1.[Na+]. The Kier molecular flexibility index (Phi) is 10.3. The summed E-state index contributed by atoms with van der Waals surface area (Å²) in [6, 6.07) is 2.99. The molecule has 1 fully saturated rings. The molecule has 4 heterocycles. The second-order valence-corrected chi connectivity index (χ2v) is 12.1. The van der Waals surface area contributed by atoms with E-state index in [1.54, 1.807) is 13.8 Å². The third-order valence-electron chi connectivity index (χ3n) is 5.86. The second-order valence-electron chi connectivity index (χ2n) is 9.13. The third kappa shape index (κ3) is 6.94. The predicted octanol–water partition coefficient (Wildman–Crippen LogP) is -2.48. The molecule has 2 amide bonds. The molecule has 15 nitrogen and oxygen atoms in total. The first-order chi connectivity index (χ1) is 20.0. The van der Waals surface area contributed by atoms with E-state index in [9.17, 15) is 29.7 Å². The molecule has 0 spiro atoms. The number of β-lactam (4-membered cyclic amide) rings is 1. The van der Waals surface area contributed by atoms with Crippen LogP contribution in [0, 0.1) is 0 Å². The summed E-state index contributed by atoms with van der Waals surface area (Å²) in [5.74, 6) is -3.14. The third-order valence-corrected chi connectivity index (χ3v) is 8.78. The zero-order chi connectivity index (χ0) is 30.1. The van der Waals surface area contributed by atoms with Gasteiger partial charge in [-0.05, 0) is 37.6 Å². The number of carbonyl (C=O) groups is 3. The number of aliphatic carboxylic acids is 1. The van der Waals surface area contributed by atoms with E-state index >= 15 is 0 Å². The number of benzene rings is 1. The number of aromatic hydroxyl groups is 2. The van der Waals surface area contributed by atoms with Crippen molar-refractivity contribution in [1.29, 1.82) is 0 Å². The van der Waals surface area contributed by atoms with E-state index in [4.69, 9.17) is 15.0 Å². The minimum atomic E-state index is -1.54. The van der Waals surface area contributed by atoms with Gasteiger partial charge in [0.15, 0.2) is 22.3 Å². The van der Waals surface area contributed by atoms with Crippen LogP contribution >= 0.6 is 34.9 Å². The van der Waals surface area contributed by atoms with E-state index < -0.39 is 29.2 Å². The van der Waals surface area contributed by atoms with Crippen molar-refractivity contribution in [2.45, 2.75) is 36.6 Å². The number of thioether (sulfide) groups is 2. The molecule has 2 aliphatic rings. The molecule has 0 radical (unpaired) electrons. The summed E-state index contributed by atoms with van der Waals surface area (Å²) in [7, 11) is 0. The van der Waals surface area contributed by atoms with Gasteiger partial charge in [0, 0.05) is 22.4 Å². The van der Waals surface area contributed by atoms with E-state index in [1.165, 1.54) is 35.3 Å². The number of carboxylic acids is 1. The minimum Gasteiger partial charge on any atom is -0.543 e. The molecule has 2 aromatic heterocycles. The molecule has 19 heteroatoms. The minimum absolute atomic E-state index is 0.